The highest BCUT2D eigenvalue weighted by Crippen LogP contribution is 2.15. The Morgan fingerprint density at radius 3 is 2.56 bits per heavy atom. The Labute approximate surface area is 96.4 Å². The number of aryl methyl sites for hydroxylation is 2. The molecule has 0 amide bonds. The highest BCUT2D eigenvalue weighted by atomic mass is 16.6. The van der Waals surface area contributed by atoms with Gasteiger partial charge in [0, 0.05) is 11.3 Å². The number of carbonyl (C=O) groups excluding carboxylic acids is 1. The standard InChI is InChI=1S/C12H20N2O2/c1-6-10-9(8(2)13-14-10)7-11(15)16-12(3,4)5/h6-7H2,1-5H3,(H,13,14). The molecule has 16 heavy (non-hydrogen) atoms. The van der Waals surface area contributed by atoms with Crippen LogP contribution >= 0.6 is 0 Å². The minimum Gasteiger partial charge on any atom is -0.460 e. The van der Waals surface area contributed by atoms with Crippen molar-refractivity contribution in [3.05, 3.63) is 17.0 Å². The zero-order valence-corrected chi connectivity index (χ0v) is 10.7. The molecular formula is C12H20N2O2. The van der Waals surface area contributed by atoms with E-state index in [1.165, 1.54) is 0 Å². The molecule has 0 fully saturated rings. The van der Waals surface area contributed by atoms with Crippen molar-refractivity contribution in [3.8, 4) is 0 Å². The van der Waals surface area contributed by atoms with Gasteiger partial charge in [0.1, 0.15) is 5.60 Å². The first-order chi connectivity index (χ1) is 7.33. The Kier molecular flexibility index (Phi) is 3.73. The molecule has 0 aliphatic rings. The molecule has 0 bridgehead atoms. The van der Waals surface area contributed by atoms with E-state index in [1.807, 2.05) is 34.6 Å². The van der Waals surface area contributed by atoms with Crippen molar-refractivity contribution in [2.75, 3.05) is 0 Å². The fourth-order valence-corrected chi connectivity index (χ4v) is 1.55. The molecule has 1 aromatic rings. The predicted octanol–water partition coefficient (Wildman–Crippen LogP) is 2.16. The van der Waals surface area contributed by atoms with Gasteiger partial charge in [-0.3, -0.25) is 9.89 Å². The van der Waals surface area contributed by atoms with E-state index in [0.29, 0.717) is 6.42 Å². The third-order valence-electron chi connectivity index (χ3n) is 2.25. The van der Waals surface area contributed by atoms with Gasteiger partial charge in [0.25, 0.3) is 0 Å². The van der Waals surface area contributed by atoms with E-state index in [4.69, 9.17) is 4.74 Å². The van der Waals surface area contributed by atoms with E-state index in [9.17, 15) is 4.79 Å². The van der Waals surface area contributed by atoms with Crippen LogP contribution < -0.4 is 0 Å². The SMILES string of the molecule is CCc1[nH]nc(C)c1CC(=O)OC(C)(C)C. The van der Waals surface area contributed by atoms with Crippen LogP contribution in [0.2, 0.25) is 0 Å². The molecule has 0 radical (unpaired) electrons. The van der Waals surface area contributed by atoms with E-state index in [-0.39, 0.29) is 5.97 Å². The third kappa shape index (κ3) is 3.36. The zero-order valence-electron chi connectivity index (χ0n) is 10.7. The van der Waals surface area contributed by atoms with Crippen LogP contribution in [0.15, 0.2) is 0 Å². The highest BCUT2D eigenvalue weighted by Gasteiger charge is 2.19. The predicted molar refractivity (Wildman–Crippen MR) is 62.3 cm³/mol. The van der Waals surface area contributed by atoms with Gasteiger partial charge in [-0.25, -0.2) is 0 Å². The van der Waals surface area contributed by atoms with Gasteiger partial charge in [0.15, 0.2) is 0 Å². The molecule has 1 N–H and O–H groups in total. The number of H-pyrrole nitrogens is 1. The summed E-state index contributed by atoms with van der Waals surface area (Å²) in [5, 5.41) is 7.04. The van der Waals surface area contributed by atoms with Crippen LogP contribution in [-0.4, -0.2) is 21.8 Å². The van der Waals surface area contributed by atoms with E-state index in [2.05, 4.69) is 10.2 Å². The molecule has 4 nitrogen and oxygen atoms in total. The maximum absolute atomic E-state index is 11.7. The minimum atomic E-state index is -0.429. The molecule has 0 spiro atoms. The quantitative estimate of drug-likeness (QED) is 0.800. The van der Waals surface area contributed by atoms with Crippen molar-refractivity contribution in [1.82, 2.24) is 10.2 Å². The van der Waals surface area contributed by atoms with Crippen molar-refractivity contribution < 1.29 is 9.53 Å². The number of rotatable bonds is 3. The number of hydrogen-bond acceptors (Lipinski definition) is 3. The molecule has 0 aromatic carbocycles. The number of ether oxygens (including phenoxy) is 1. The van der Waals surface area contributed by atoms with Crippen LogP contribution in [0.3, 0.4) is 0 Å². The molecule has 1 aromatic heterocycles. The Morgan fingerprint density at radius 1 is 1.44 bits per heavy atom. The summed E-state index contributed by atoms with van der Waals surface area (Å²) >= 11 is 0. The fraction of sp³-hybridized carbons (Fsp3) is 0.667. The second kappa shape index (κ2) is 4.68. The Balaban J connectivity index is 2.73. The van der Waals surface area contributed by atoms with Crippen molar-refractivity contribution >= 4 is 5.97 Å². The first-order valence-corrected chi connectivity index (χ1v) is 5.58. The molecule has 0 saturated carbocycles. The summed E-state index contributed by atoms with van der Waals surface area (Å²) in [7, 11) is 0. The van der Waals surface area contributed by atoms with Gasteiger partial charge >= 0.3 is 5.97 Å². The van der Waals surface area contributed by atoms with E-state index >= 15 is 0 Å². The molecule has 4 heteroatoms. The van der Waals surface area contributed by atoms with Crippen molar-refractivity contribution in [3.63, 3.8) is 0 Å². The largest absolute Gasteiger partial charge is 0.460 e. The van der Waals surface area contributed by atoms with Crippen LogP contribution in [0, 0.1) is 6.92 Å². The third-order valence-corrected chi connectivity index (χ3v) is 2.25. The summed E-state index contributed by atoms with van der Waals surface area (Å²) in [6, 6.07) is 0. The normalized spacial score (nSPS) is 11.6. The lowest BCUT2D eigenvalue weighted by Crippen LogP contribution is -2.25. The summed E-state index contributed by atoms with van der Waals surface area (Å²) in [5.41, 5.74) is 2.43. The molecule has 0 aliphatic carbocycles. The fourth-order valence-electron chi connectivity index (χ4n) is 1.55. The highest BCUT2D eigenvalue weighted by molar-refractivity contribution is 5.73. The number of aromatic nitrogens is 2. The summed E-state index contributed by atoms with van der Waals surface area (Å²) in [6.07, 6.45) is 1.14. The van der Waals surface area contributed by atoms with Crippen LogP contribution in [0.1, 0.15) is 44.6 Å². The number of carbonyl (C=O) groups is 1. The molecule has 1 rings (SSSR count). The van der Waals surface area contributed by atoms with Gasteiger partial charge in [-0.15, -0.1) is 0 Å². The van der Waals surface area contributed by atoms with Gasteiger partial charge in [-0.2, -0.15) is 5.10 Å². The van der Waals surface area contributed by atoms with Crippen LogP contribution in [0.25, 0.3) is 0 Å². The maximum Gasteiger partial charge on any atom is 0.310 e. The zero-order chi connectivity index (χ0) is 12.3. The summed E-state index contributed by atoms with van der Waals surface area (Å²) in [5.74, 6) is -0.202. The number of aromatic amines is 1. The average Bonchev–Trinajstić information content (AvgIpc) is 2.44. The van der Waals surface area contributed by atoms with Crippen molar-refractivity contribution in [2.45, 2.75) is 53.1 Å². The van der Waals surface area contributed by atoms with Crippen LogP contribution in [0.4, 0.5) is 0 Å². The first-order valence-electron chi connectivity index (χ1n) is 5.58. The smallest absolute Gasteiger partial charge is 0.310 e. The Bertz CT molecular complexity index is 375. The van der Waals surface area contributed by atoms with E-state index in [1.54, 1.807) is 0 Å². The van der Waals surface area contributed by atoms with E-state index < -0.39 is 5.60 Å². The van der Waals surface area contributed by atoms with Crippen molar-refractivity contribution in [1.29, 1.82) is 0 Å². The summed E-state index contributed by atoms with van der Waals surface area (Å²) in [4.78, 5) is 11.7. The van der Waals surface area contributed by atoms with Gasteiger partial charge in [0.2, 0.25) is 0 Å². The second-order valence-electron chi connectivity index (χ2n) is 4.88. The number of esters is 1. The molecular weight excluding hydrogens is 204 g/mol. The summed E-state index contributed by atoms with van der Waals surface area (Å²) < 4.78 is 5.28. The van der Waals surface area contributed by atoms with Gasteiger partial charge < -0.3 is 4.74 Å². The number of nitrogens with one attached hydrogen (secondary N) is 1. The van der Waals surface area contributed by atoms with E-state index in [0.717, 1.165) is 23.4 Å². The Hall–Kier alpha value is -1.32. The van der Waals surface area contributed by atoms with Crippen LogP contribution in [0.5, 0.6) is 0 Å². The Morgan fingerprint density at radius 2 is 2.06 bits per heavy atom. The van der Waals surface area contributed by atoms with Gasteiger partial charge in [0.05, 0.1) is 12.1 Å². The van der Waals surface area contributed by atoms with Crippen LogP contribution in [-0.2, 0) is 22.4 Å². The number of nitrogens with zero attached hydrogens (tertiary/aromatic N) is 1. The minimum absolute atomic E-state index is 0.202. The molecule has 1 heterocycles. The topological polar surface area (TPSA) is 55.0 Å². The molecule has 0 unspecified atom stereocenters. The number of hydrogen-bond donors (Lipinski definition) is 1. The summed E-state index contributed by atoms with van der Waals surface area (Å²) in [6.45, 7) is 9.54. The maximum atomic E-state index is 11.7. The monoisotopic (exact) mass is 224 g/mol. The lowest BCUT2D eigenvalue weighted by atomic mass is 10.1. The first kappa shape index (κ1) is 12.7. The molecule has 90 valence electrons. The van der Waals surface area contributed by atoms with Crippen molar-refractivity contribution in [2.24, 2.45) is 0 Å². The second-order valence-corrected chi connectivity index (χ2v) is 4.88. The van der Waals surface area contributed by atoms with Gasteiger partial charge in [-0.05, 0) is 34.1 Å². The molecule has 0 saturated heterocycles. The molecule has 0 aliphatic heterocycles. The lowest BCUT2D eigenvalue weighted by Gasteiger charge is -2.19. The van der Waals surface area contributed by atoms with Gasteiger partial charge in [-0.1, -0.05) is 6.92 Å². The molecule has 0 atom stereocenters. The average molecular weight is 224 g/mol. The lowest BCUT2D eigenvalue weighted by molar-refractivity contribution is -0.153.